The molecule has 0 N–H and O–H groups in total. The van der Waals surface area contributed by atoms with Gasteiger partial charge >= 0.3 is 17.9 Å². The highest BCUT2D eigenvalue weighted by Crippen LogP contribution is 2.58. The van der Waals surface area contributed by atoms with Crippen LogP contribution in [0.1, 0.15) is 46.5 Å². The number of ether oxygens (including phenoxy) is 3. The Kier molecular flexibility index (Phi) is 7.32. The lowest BCUT2D eigenvalue weighted by molar-refractivity contribution is -0.169. The highest BCUT2D eigenvalue weighted by Gasteiger charge is 2.67. The summed E-state index contributed by atoms with van der Waals surface area (Å²) in [6.45, 7) is 4.90. The Labute approximate surface area is 164 Å². The molecule has 0 aromatic carbocycles. The topological polar surface area (TPSA) is 113 Å². The minimum atomic E-state index is -1.57. The van der Waals surface area contributed by atoms with E-state index >= 15 is 0 Å². The molecule has 2 aliphatic carbocycles. The summed E-state index contributed by atoms with van der Waals surface area (Å²) in [6.07, 6.45) is 2.86. The lowest BCUT2D eigenvalue weighted by atomic mass is 9.61. The van der Waals surface area contributed by atoms with E-state index in [4.69, 9.17) is 14.2 Å². The fourth-order valence-electron chi connectivity index (χ4n) is 4.81. The Bertz CT molecular complexity index is 624. The third-order valence-electron chi connectivity index (χ3n) is 5.83. The first-order valence-electron chi connectivity index (χ1n) is 9.89. The molecule has 156 valence electrons. The van der Waals surface area contributed by atoms with Gasteiger partial charge in [0.15, 0.2) is 11.7 Å². The van der Waals surface area contributed by atoms with Gasteiger partial charge in [0, 0.05) is 5.41 Å². The zero-order valence-electron chi connectivity index (χ0n) is 16.6. The van der Waals surface area contributed by atoms with Crippen molar-refractivity contribution in [3.63, 3.8) is 0 Å². The van der Waals surface area contributed by atoms with E-state index in [2.05, 4.69) is 0 Å². The van der Waals surface area contributed by atoms with Crippen LogP contribution in [0, 0.1) is 29.1 Å². The third kappa shape index (κ3) is 3.69. The first-order chi connectivity index (χ1) is 13.4. The molecule has 28 heavy (non-hydrogen) atoms. The summed E-state index contributed by atoms with van der Waals surface area (Å²) in [5.74, 6) is -7.75. The van der Waals surface area contributed by atoms with Gasteiger partial charge in [0.25, 0.3) is 0 Å². The van der Waals surface area contributed by atoms with Crippen LogP contribution in [-0.2, 0) is 38.2 Å². The number of fused-ring (bicyclic) bond motifs is 1. The van der Waals surface area contributed by atoms with Gasteiger partial charge in [0.05, 0.1) is 25.7 Å². The summed E-state index contributed by atoms with van der Waals surface area (Å²) < 4.78 is 15.1. The summed E-state index contributed by atoms with van der Waals surface area (Å²) in [5, 5.41) is 0. The Morgan fingerprint density at radius 2 is 1.61 bits per heavy atom. The fourth-order valence-corrected chi connectivity index (χ4v) is 4.81. The molecule has 0 saturated heterocycles. The number of aldehydes is 1. The van der Waals surface area contributed by atoms with Crippen molar-refractivity contribution in [1.82, 2.24) is 0 Å². The van der Waals surface area contributed by atoms with Gasteiger partial charge in [-0.1, -0.05) is 12.8 Å². The SMILES string of the molecule is CCOC(=O)C(C(=O)OCC)[C@@H]1C(=O)[C@@H](C(=O)OCC)[C@@H]2CCCC[C@]12C=O. The van der Waals surface area contributed by atoms with Gasteiger partial charge in [-0.2, -0.15) is 0 Å². The standard InChI is InChI=1S/C20H28O8/c1-4-26-17(23)13-12-9-7-8-10-20(12,11-21)15(16(13)22)14(18(24)27-5-2)19(25)28-6-3/h11-15H,4-10H2,1-3H3/t12-,13-,15+,20+/m0/s1. The Balaban J connectivity index is 2.57. The largest absolute Gasteiger partial charge is 0.465 e. The highest BCUT2D eigenvalue weighted by molar-refractivity contribution is 6.10. The summed E-state index contributed by atoms with van der Waals surface area (Å²) in [4.78, 5) is 63.4. The first kappa shape index (κ1) is 22.0. The molecule has 0 radical (unpaired) electrons. The predicted molar refractivity (Wildman–Crippen MR) is 95.8 cm³/mol. The monoisotopic (exact) mass is 396 g/mol. The number of Topliss-reactive ketones (excluding diaryl/α,β-unsaturated/α-hetero) is 1. The third-order valence-corrected chi connectivity index (χ3v) is 5.83. The van der Waals surface area contributed by atoms with Crippen LogP contribution in [0.4, 0.5) is 0 Å². The minimum absolute atomic E-state index is 0.00840. The van der Waals surface area contributed by atoms with E-state index in [9.17, 15) is 24.0 Å². The summed E-state index contributed by atoms with van der Waals surface area (Å²) >= 11 is 0. The molecule has 0 bridgehead atoms. The number of carbonyl (C=O) groups excluding carboxylic acids is 5. The lowest BCUT2D eigenvalue weighted by Gasteiger charge is -2.40. The summed E-state index contributed by atoms with van der Waals surface area (Å²) in [7, 11) is 0. The van der Waals surface area contributed by atoms with E-state index in [1.165, 1.54) is 0 Å². The van der Waals surface area contributed by atoms with Crippen molar-refractivity contribution in [2.75, 3.05) is 19.8 Å². The number of hydrogen-bond acceptors (Lipinski definition) is 8. The van der Waals surface area contributed by atoms with E-state index in [1.54, 1.807) is 20.8 Å². The van der Waals surface area contributed by atoms with E-state index in [1.807, 2.05) is 0 Å². The van der Waals surface area contributed by atoms with Gasteiger partial charge in [0.1, 0.15) is 12.2 Å². The van der Waals surface area contributed by atoms with Crippen LogP contribution >= 0.6 is 0 Å². The highest BCUT2D eigenvalue weighted by atomic mass is 16.6. The van der Waals surface area contributed by atoms with E-state index < -0.39 is 52.8 Å². The number of rotatable bonds is 8. The van der Waals surface area contributed by atoms with Crippen LogP contribution in [-0.4, -0.2) is 49.8 Å². The second kappa shape index (κ2) is 9.30. The molecule has 4 atom stereocenters. The van der Waals surface area contributed by atoms with E-state index in [0.29, 0.717) is 25.5 Å². The second-order valence-corrected chi connectivity index (χ2v) is 7.17. The zero-order chi connectivity index (χ0) is 20.9. The lowest BCUT2D eigenvalue weighted by Crippen LogP contribution is -2.47. The molecule has 2 saturated carbocycles. The smallest absolute Gasteiger partial charge is 0.321 e. The summed E-state index contributed by atoms with van der Waals surface area (Å²) in [5.41, 5.74) is -1.28. The predicted octanol–water partition coefficient (Wildman–Crippen LogP) is 1.48. The molecule has 8 nitrogen and oxygen atoms in total. The average Bonchev–Trinajstić information content (AvgIpc) is 2.92. The van der Waals surface area contributed by atoms with Gasteiger partial charge in [0.2, 0.25) is 0 Å². The van der Waals surface area contributed by atoms with Crippen LogP contribution in [0.3, 0.4) is 0 Å². The maximum Gasteiger partial charge on any atom is 0.321 e. The van der Waals surface area contributed by atoms with Crippen molar-refractivity contribution in [3.8, 4) is 0 Å². The molecule has 0 aliphatic heterocycles. The number of hydrogen-bond donors (Lipinski definition) is 0. The van der Waals surface area contributed by atoms with Gasteiger partial charge < -0.3 is 19.0 Å². The van der Waals surface area contributed by atoms with Crippen LogP contribution in [0.5, 0.6) is 0 Å². The molecular weight excluding hydrogens is 368 g/mol. The Morgan fingerprint density at radius 3 is 2.11 bits per heavy atom. The van der Waals surface area contributed by atoms with Crippen LogP contribution in [0.25, 0.3) is 0 Å². The molecular formula is C20H28O8. The quantitative estimate of drug-likeness (QED) is 0.262. The van der Waals surface area contributed by atoms with E-state index in [-0.39, 0.29) is 19.8 Å². The van der Waals surface area contributed by atoms with Crippen LogP contribution < -0.4 is 0 Å². The Hall–Kier alpha value is -2.25. The fraction of sp³-hybridized carbons (Fsp3) is 0.750. The maximum atomic E-state index is 13.3. The van der Waals surface area contributed by atoms with Gasteiger partial charge in [-0.05, 0) is 39.5 Å². The van der Waals surface area contributed by atoms with Crippen molar-refractivity contribution < 1.29 is 38.2 Å². The van der Waals surface area contributed by atoms with Gasteiger partial charge in [-0.25, -0.2) is 0 Å². The van der Waals surface area contributed by atoms with Crippen molar-refractivity contribution >= 4 is 30.0 Å². The minimum Gasteiger partial charge on any atom is -0.465 e. The van der Waals surface area contributed by atoms with Gasteiger partial charge in [-0.15, -0.1) is 0 Å². The average molecular weight is 396 g/mol. The molecule has 2 fully saturated rings. The Morgan fingerprint density at radius 1 is 1.04 bits per heavy atom. The van der Waals surface area contributed by atoms with Crippen molar-refractivity contribution in [2.24, 2.45) is 29.1 Å². The van der Waals surface area contributed by atoms with Crippen LogP contribution in [0.2, 0.25) is 0 Å². The molecule has 2 aliphatic rings. The molecule has 0 aromatic rings. The first-order valence-corrected chi connectivity index (χ1v) is 9.89. The van der Waals surface area contributed by atoms with Crippen LogP contribution in [0.15, 0.2) is 0 Å². The van der Waals surface area contributed by atoms with Crippen molar-refractivity contribution in [3.05, 3.63) is 0 Å². The van der Waals surface area contributed by atoms with Crippen molar-refractivity contribution in [1.29, 1.82) is 0 Å². The van der Waals surface area contributed by atoms with E-state index in [0.717, 1.165) is 6.42 Å². The molecule has 0 spiro atoms. The number of esters is 3. The summed E-state index contributed by atoms with van der Waals surface area (Å²) in [6, 6.07) is 0. The van der Waals surface area contributed by atoms with Gasteiger partial charge in [-0.3, -0.25) is 19.2 Å². The maximum absolute atomic E-state index is 13.3. The molecule has 0 heterocycles. The molecule has 8 heteroatoms. The molecule has 2 rings (SSSR count). The second-order valence-electron chi connectivity index (χ2n) is 7.17. The zero-order valence-corrected chi connectivity index (χ0v) is 16.6. The normalized spacial score (nSPS) is 29.1. The number of ketones is 1. The number of carbonyl (C=O) groups is 5. The molecule has 0 aromatic heterocycles. The van der Waals surface area contributed by atoms with Crippen molar-refractivity contribution in [2.45, 2.75) is 46.5 Å². The molecule has 0 amide bonds. The molecule has 0 unspecified atom stereocenters.